The van der Waals surface area contributed by atoms with Gasteiger partial charge in [-0.2, -0.15) is 5.10 Å². The van der Waals surface area contributed by atoms with E-state index in [0.717, 1.165) is 11.1 Å². The number of ether oxygens (including phenoxy) is 2. The maximum atomic E-state index is 11.7. The Hall–Kier alpha value is -3.02. The molecule has 0 atom stereocenters. The number of benzene rings is 2. The van der Waals surface area contributed by atoms with Gasteiger partial charge in [-0.05, 0) is 60.9 Å². The van der Waals surface area contributed by atoms with Crippen LogP contribution in [0, 0.1) is 13.8 Å². The van der Waals surface area contributed by atoms with E-state index >= 15 is 0 Å². The third-order valence-corrected chi connectivity index (χ3v) is 3.17. The molecule has 0 radical (unpaired) electrons. The third-order valence-electron chi connectivity index (χ3n) is 3.17. The molecule has 0 aromatic heterocycles. The average Bonchev–Trinajstić information content (AvgIpc) is 2.53. The number of rotatable bonds is 6. The molecule has 2 N–H and O–H groups in total. The molecule has 0 heterocycles. The van der Waals surface area contributed by atoms with E-state index in [4.69, 9.17) is 9.47 Å². The van der Waals surface area contributed by atoms with Crippen LogP contribution in [0.4, 0.5) is 0 Å². The first-order valence-corrected chi connectivity index (χ1v) is 7.38. The number of amides is 1. The van der Waals surface area contributed by atoms with Gasteiger partial charge in [0, 0.05) is 0 Å². The van der Waals surface area contributed by atoms with Gasteiger partial charge in [0.25, 0.3) is 5.91 Å². The first kappa shape index (κ1) is 17.3. The summed E-state index contributed by atoms with van der Waals surface area (Å²) in [6.07, 6.45) is 1.46. The zero-order valence-electron chi connectivity index (χ0n) is 13.9. The van der Waals surface area contributed by atoms with E-state index in [1.54, 1.807) is 12.1 Å². The highest BCUT2D eigenvalue weighted by Crippen LogP contribution is 2.25. The van der Waals surface area contributed by atoms with Crippen LogP contribution >= 0.6 is 0 Å². The van der Waals surface area contributed by atoms with Crippen molar-refractivity contribution in [3.8, 4) is 17.2 Å². The quantitative estimate of drug-likeness (QED) is 0.631. The standard InChI is InChI=1S/C18H20N2O4/c1-12-6-13(2)8-15(7-12)24-11-18(22)20-19-10-14-4-5-16(21)17(9-14)23-3/h4-10,21H,11H2,1-3H3,(H,20,22)/b19-10-. The molecule has 1 amide bonds. The van der Waals surface area contributed by atoms with E-state index in [1.807, 2.05) is 32.0 Å². The second kappa shape index (κ2) is 8.01. The van der Waals surface area contributed by atoms with E-state index in [0.29, 0.717) is 17.1 Å². The Labute approximate surface area is 140 Å². The fraction of sp³-hybridized carbons (Fsp3) is 0.222. The summed E-state index contributed by atoms with van der Waals surface area (Å²) in [4.78, 5) is 11.7. The van der Waals surface area contributed by atoms with Gasteiger partial charge in [0.15, 0.2) is 18.1 Å². The molecule has 6 heteroatoms. The fourth-order valence-electron chi connectivity index (χ4n) is 2.15. The number of carbonyl (C=O) groups excluding carboxylic acids is 1. The van der Waals surface area contributed by atoms with Crippen molar-refractivity contribution < 1.29 is 19.4 Å². The molecule has 0 aliphatic rings. The van der Waals surface area contributed by atoms with Gasteiger partial charge in [-0.1, -0.05) is 6.07 Å². The average molecular weight is 328 g/mol. The number of phenols is 1. The van der Waals surface area contributed by atoms with Crippen molar-refractivity contribution in [2.45, 2.75) is 13.8 Å². The fourth-order valence-corrected chi connectivity index (χ4v) is 2.15. The molecule has 0 aliphatic carbocycles. The van der Waals surface area contributed by atoms with Crippen molar-refractivity contribution in [3.63, 3.8) is 0 Å². The normalized spacial score (nSPS) is 10.6. The first-order chi connectivity index (χ1) is 11.5. The van der Waals surface area contributed by atoms with E-state index < -0.39 is 0 Å². The van der Waals surface area contributed by atoms with Crippen LogP contribution in [-0.2, 0) is 4.79 Å². The van der Waals surface area contributed by atoms with Crippen molar-refractivity contribution in [2.75, 3.05) is 13.7 Å². The van der Waals surface area contributed by atoms with Crippen LogP contribution in [0.5, 0.6) is 17.2 Å². The smallest absolute Gasteiger partial charge is 0.277 e. The largest absolute Gasteiger partial charge is 0.504 e. The molecule has 0 saturated carbocycles. The molecule has 0 aliphatic heterocycles. The van der Waals surface area contributed by atoms with E-state index in [-0.39, 0.29) is 18.3 Å². The van der Waals surface area contributed by atoms with E-state index in [1.165, 1.54) is 19.4 Å². The summed E-state index contributed by atoms with van der Waals surface area (Å²) in [7, 11) is 1.46. The van der Waals surface area contributed by atoms with Gasteiger partial charge in [-0.15, -0.1) is 0 Å². The Kier molecular flexibility index (Phi) is 5.78. The second-order valence-corrected chi connectivity index (χ2v) is 5.34. The molecule has 0 unspecified atom stereocenters. The third kappa shape index (κ3) is 5.01. The Morgan fingerprint density at radius 3 is 2.58 bits per heavy atom. The van der Waals surface area contributed by atoms with Gasteiger partial charge in [-0.3, -0.25) is 4.79 Å². The summed E-state index contributed by atoms with van der Waals surface area (Å²) in [6.45, 7) is 3.81. The van der Waals surface area contributed by atoms with Crippen LogP contribution in [0.25, 0.3) is 0 Å². The van der Waals surface area contributed by atoms with Crippen LogP contribution in [-0.4, -0.2) is 30.9 Å². The minimum atomic E-state index is -0.365. The number of hydrogen-bond acceptors (Lipinski definition) is 5. The lowest BCUT2D eigenvalue weighted by Gasteiger charge is -2.07. The Balaban J connectivity index is 1.86. The molecule has 24 heavy (non-hydrogen) atoms. The van der Waals surface area contributed by atoms with Crippen LogP contribution in [0.1, 0.15) is 16.7 Å². The summed E-state index contributed by atoms with van der Waals surface area (Å²) >= 11 is 0. The number of carbonyl (C=O) groups is 1. The van der Waals surface area contributed by atoms with Gasteiger partial charge in [-0.25, -0.2) is 5.43 Å². The molecule has 0 bridgehead atoms. The molecular weight excluding hydrogens is 308 g/mol. The van der Waals surface area contributed by atoms with Gasteiger partial charge in [0.1, 0.15) is 5.75 Å². The van der Waals surface area contributed by atoms with Crippen molar-refractivity contribution in [1.82, 2.24) is 5.43 Å². The van der Waals surface area contributed by atoms with Crippen LogP contribution in [0.3, 0.4) is 0 Å². The number of phenolic OH excluding ortho intramolecular Hbond substituents is 1. The number of hydrogen-bond donors (Lipinski definition) is 2. The maximum absolute atomic E-state index is 11.7. The number of aromatic hydroxyl groups is 1. The highest BCUT2D eigenvalue weighted by atomic mass is 16.5. The lowest BCUT2D eigenvalue weighted by molar-refractivity contribution is -0.123. The highest BCUT2D eigenvalue weighted by Gasteiger charge is 2.03. The van der Waals surface area contributed by atoms with Gasteiger partial charge < -0.3 is 14.6 Å². The molecule has 2 aromatic rings. The SMILES string of the molecule is COc1cc(/C=N\NC(=O)COc2cc(C)cc(C)c2)ccc1O. The monoisotopic (exact) mass is 328 g/mol. The number of hydrazone groups is 1. The van der Waals surface area contributed by atoms with Crippen LogP contribution in [0.2, 0.25) is 0 Å². The predicted octanol–water partition coefficient (Wildman–Crippen LogP) is 2.55. The zero-order valence-corrected chi connectivity index (χ0v) is 13.9. The van der Waals surface area contributed by atoms with Crippen LogP contribution < -0.4 is 14.9 Å². The highest BCUT2D eigenvalue weighted by molar-refractivity contribution is 5.83. The van der Waals surface area contributed by atoms with Crippen molar-refractivity contribution in [3.05, 3.63) is 53.1 Å². The van der Waals surface area contributed by atoms with Crippen molar-refractivity contribution in [1.29, 1.82) is 0 Å². The Bertz CT molecular complexity index is 736. The number of nitrogens with one attached hydrogen (secondary N) is 1. The molecule has 0 saturated heterocycles. The summed E-state index contributed by atoms with van der Waals surface area (Å²) < 4.78 is 10.4. The van der Waals surface area contributed by atoms with Gasteiger partial charge in [0.2, 0.25) is 0 Å². The summed E-state index contributed by atoms with van der Waals surface area (Å²) in [6, 6.07) is 10.5. The summed E-state index contributed by atoms with van der Waals surface area (Å²) in [5.74, 6) is 0.662. The number of aryl methyl sites for hydroxylation is 2. The van der Waals surface area contributed by atoms with Gasteiger partial charge >= 0.3 is 0 Å². The lowest BCUT2D eigenvalue weighted by Crippen LogP contribution is -2.24. The molecular formula is C18H20N2O4. The predicted molar refractivity (Wildman–Crippen MR) is 91.8 cm³/mol. The maximum Gasteiger partial charge on any atom is 0.277 e. The summed E-state index contributed by atoms with van der Waals surface area (Å²) in [5, 5.41) is 13.4. The molecule has 2 rings (SSSR count). The first-order valence-electron chi connectivity index (χ1n) is 7.38. The molecule has 0 fully saturated rings. The van der Waals surface area contributed by atoms with Crippen molar-refractivity contribution in [2.24, 2.45) is 5.10 Å². The molecule has 2 aromatic carbocycles. The minimum Gasteiger partial charge on any atom is -0.504 e. The number of nitrogens with zero attached hydrogens (tertiary/aromatic N) is 1. The lowest BCUT2D eigenvalue weighted by atomic mass is 10.1. The topological polar surface area (TPSA) is 80.2 Å². The Morgan fingerprint density at radius 2 is 1.92 bits per heavy atom. The van der Waals surface area contributed by atoms with E-state index in [9.17, 15) is 9.90 Å². The van der Waals surface area contributed by atoms with E-state index in [2.05, 4.69) is 10.5 Å². The minimum absolute atomic E-state index is 0.0422. The Morgan fingerprint density at radius 1 is 1.21 bits per heavy atom. The zero-order chi connectivity index (χ0) is 17.5. The van der Waals surface area contributed by atoms with Crippen LogP contribution in [0.15, 0.2) is 41.5 Å². The summed E-state index contributed by atoms with van der Waals surface area (Å²) in [5.41, 5.74) is 5.21. The van der Waals surface area contributed by atoms with Gasteiger partial charge in [0.05, 0.1) is 13.3 Å². The van der Waals surface area contributed by atoms with Crippen molar-refractivity contribution >= 4 is 12.1 Å². The molecule has 6 nitrogen and oxygen atoms in total. The second-order valence-electron chi connectivity index (χ2n) is 5.34. The molecule has 126 valence electrons. The number of methoxy groups -OCH3 is 1. The molecule has 0 spiro atoms.